The van der Waals surface area contributed by atoms with E-state index in [4.69, 9.17) is 0 Å². The molecule has 1 aliphatic heterocycles. The lowest BCUT2D eigenvalue weighted by Crippen LogP contribution is -2.38. The van der Waals surface area contributed by atoms with Gasteiger partial charge in [-0.15, -0.1) is 11.3 Å². The Labute approximate surface area is 88.5 Å². The van der Waals surface area contributed by atoms with Crippen molar-refractivity contribution in [2.75, 3.05) is 13.1 Å². The highest BCUT2D eigenvalue weighted by Gasteiger charge is 2.23. The van der Waals surface area contributed by atoms with E-state index >= 15 is 0 Å². The maximum atomic E-state index is 11.3. The first-order chi connectivity index (χ1) is 6.75. The molecule has 2 nitrogen and oxygen atoms in total. The SMILES string of the molecule is CC1CN(Cc2cccs2)CCC1=O. The number of ketones is 1. The maximum absolute atomic E-state index is 11.3. The molecule has 1 aromatic heterocycles. The van der Waals surface area contributed by atoms with Gasteiger partial charge in [-0.3, -0.25) is 9.69 Å². The lowest BCUT2D eigenvalue weighted by Gasteiger charge is -2.29. The Morgan fingerprint density at radius 2 is 2.50 bits per heavy atom. The summed E-state index contributed by atoms with van der Waals surface area (Å²) < 4.78 is 0. The zero-order valence-electron chi connectivity index (χ0n) is 8.40. The third-order valence-corrected chi connectivity index (χ3v) is 3.58. The van der Waals surface area contributed by atoms with E-state index in [1.54, 1.807) is 11.3 Å². The minimum absolute atomic E-state index is 0.226. The summed E-state index contributed by atoms with van der Waals surface area (Å²) in [7, 11) is 0. The topological polar surface area (TPSA) is 20.3 Å². The van der Waals surface area contributed by atoms with Gasteiger partial charge < -0.3 is 0 Å². The van der Waals surface area contributed by atoms with Gasteiger partial charge in [0.05, 0.1) is 0 Å². The van der Waals surface area contributed by atoms with Crippen LogP contribution in [0, 0.1) is 5.92 Å². The smallest absolute Gasteiger partial charge is 0.138 e. The van der Waals surface area contributed by atoms with Crippen LogP contribution < -0.4 is 0 Å². The molecule has 0 spiro atoms. The number of Topliss-reactive ketones (excluding diaryl/α,β-unsaturated/α-hetero) is 1. The van der Waals surface area contributed by atoms with Crippen molar-refractivity contribution in [3.05, 3.63) is 22.4 Å². The van der Waals surface area contributed by atoms with Crippen molar-refractivity contribution in [2.45, 2.75) is 19.9 Å². The molecule has 0 radical (unpaired) electrons. The number of carbonyl (C=O) groups is 1. The largest absolute Gasteiger partial charge is 0.299 e. The Morgan fingerprint density at radius 1 is 1.64 bits per heavy atom. The fraction of sp³-hybridized carbons (Fsp3) is 0.545. The summed E-state index contributed by atoms with van der Waals surface area (Å²) in [6, 6.07) is 4.24. The van der Waals surface area contributed by atoms with Gasteiger partial charge in [0.25, 0.3) is 0 Å². The number of rotatable bonds is 2. The average Bonchev–Trinajstić information content (AvgIpc) is 2.64. The van der Waals surface area contributed by atoms with Gasteiger partial charge in [0.15, 0.2) is 0 Å². The minimum atomic E-state index is 0.226. The fourth-order valence-corrected chi connectivity index (χ4v) is 2.61. The second kappa shape index (κ2) is 4.24. The monoisotopic (exact) mass is 209 g/mol. The molecule has 14 heavy (non-hydrogen) atoms. The Hall–Kier alpha value is -0.670. The summed E-state index contributed by atoms with van der Waals surface area (Å²) in [6.07, 6.45) is 0.729. The third kappa shape index (κ3) is 2.22. The molecule has 0 aliphatic carbocycles. The second-order valence-electron chi connectivity index (χ2n) is 3.93. The molecule has 1 atom stereocenters. The van der Waals surface area contributed by atoms with Crippen molar-refractivity contribution in [2.24, 2.45) is 5.92 Å². The molecule has 2 heterocycles. The molecule has 1 saturated heterocycles. The van der Waals surface area contributed by atoms with Gasteiger partial charge in [-0.05, 0) is 11.4 Å². The number of thiophene rings is 1. The van der Waals surface area contributed by atoms with E-state index in [0.717, 1.165) is 26.1 Å². The zero-order chi connectivity index (χ0) is 9.97. The van der Waals surface area contributed by atoms with Crippen molar-refractivity contribution < 1.29 is 4.79 Å². The van der Waals surface area contributed by atoms with Crippen molar-refractivity contribution in [1.29, 1.82) is 0 Å². The molecular formula is C11H15NOS. The molecule has 1 aromatic rings. The van der Waals surface area contributed by atoms with Gasteiger partial charge in [-0.2, -0.15) is 0 Å². The molecule has 1 aliphatic rings. The van der Waals surface area contributed by atoms with E-state index in [0.29, 0.717) is 5.78 Å². The molecular weight excluding hydrogens is 194 g/mol. The normalized spacial score (nSPS) is 24.1. The first-order valence-corrected chi connectivity index (χ1v) is 5.91. The van der Waals surface area contributed by atoms with Crippen LogP contribution in [0.4, 0.5) is 0 Å². The Kier molecular flexibility index (Phi) is 2.99. The van der Waals surface area contributed by atoms with Crippen molar-refractivity contribution in [1.82, 2.24) is 4.90 Å². The fourth-order valence-electron chi connectivity index (χ4n) is 1.86. The average molecular weight is 209 g/mol. The highest BCUT2D eigenvalue weighted by Crippen LogP contribution is 2.17. The van der Waals surface area contributed by atoms with E-state index in [2.05, 4.69) is 22.4 Å². The molecule has 0 saturated carbocycles. The van der Waals surface area contributed by atoms with Gasteiger partial charge in [-0.25, -0.2) is 0 Å². The predicted octanol–water partition coefficient (Wildman–Crippen LogP) is 2.16. The van der Waals surface area contributed by atoms with E-state index in [1.807, 2.05) is 6.92 Å². The summed E-state index contributed by atoms with van der Waals surface area (Å²) in [5.41, 5.74) is 0. The van der Waals surface area contributed by atoms with E-state index in [-0.39, 0.29) is 5.92 Å². The number of hydrogen-bond donors (Lipinski definition) is 0. The van der Waals surface area contributed by atoms with Gasteiger partial charge in [-0.1, -0.05) is 13.0 Å². The Bertz CT molecular complexity index is 307. The standard InChI is InChI=1S/C11H15NOS/c1-9-7-12(5-4-11(9)13)8-10-3-2-6-14-10/h2-3,6,9H,4-5,7-8H2,1H3. The first kappa shape index (κ1) is 9.87. The Morgan fingerprint density at radius 3 is 3.14 bits per heavy atom. The molecule has 0 amide bonds. The number of hydrogen-bond acceptors (Lipinski definition) is 3. The van der Waals surface area contributed by atoms with Crippen LogP contribution in [-0.2, 0) is 11.3 Å². The van der Waals surface area contributed by atoms with Gasteiger partial charge in [0.2, 0.25) is 0 Å². The quantitative estimate of drug-likeness (QED) is 0.744. The van der Waals surface area contributed by atoms with Crippen LogP contribution in [0.3, 0.4) is 0 Å². The van der Waals surface area contributed by atoms with Crippen LogP contribution in [-0.4, -0.2) is 23.8 Å². The summed E-state index contributed by atoms with van der Waals surface area (Å²) >= 11 is 1.79. The number of likely N-dealkylation sites (tertiary alicyclic amines) is 1. The van der Waals surface area contributed by atoms with Crippen LogP contribution in [0.1, 0.15) is 18.2 Å². The van der Waals surface area contributed by atoms with E-state index < -0.39 is 0 Å². The van der Waals surface area contributed by atoms with E-state index in [1.165, 1.54) is 4.88 Å². The first-order valence-electron chi connectivity index (χ1n) is 5.03. The lowest BCUT2D eigenvalue weighted by atomic mass is 9.99. The van der Waals surface area contributed by atoms with Crippen molar-refractivity contribution in [3.63, 3.8) is 0 Å². The zero-order valence-corrected chi connectivity index (χ0v) is 9.22. The third-order valence-electron chi connectivity index (χ3n) is 2.72. The predicted molar refractivity (Wildman–Crippen MR) is 58.4 cm³/mol. The highest BCUT2D eigenvalue weighted by molar-refractivity contribution is 7.09. The molecule has 0 bridgehead atoms. The lowest BCUT2D eigenvalue weighted by molar-refractivity contribution is -0.125. The number of nitrogens with zero attached hydrogens (tertiary/aromatic N) is 1. The Balaban J connectivity index is 1.91. The molecule has 3 heteroatoms. The number of carbonyl (C=O) groups excluding carboxylic acids is 1. The van der Waals surface area contributed by atoms with Crippen molar-refractivity contribution >= 4 is 17.1 Å². The molecule has 1 fully saturated rings. The van der Waals surface area contributed by atoms with Gasteiger partial charge in [0, 0.05) is 36.9 Å². The van der Waals surface area contributed by atoms with Gasteiger partial charge >= 0.3 is 0 Å². The molecule has 0 aromatic carbocycles. The second-order valence-corrected chi connectivity index (χ2v) is 4.96. The maximum Gasteiger partial charge on any atom is 0.138 e. The van der Waals surface area contributed by atoms with E-state index in [9.17, 15) is 4.79 Å². The van der Waals surface area contributed by atoms with Gasteiger partial charge in [0.1, 0.15) is 5.78 Å². The summed E-state index contributed by atoms with van der Waals surface area (Å²) in [6.45, 7) is 4.90. The summed E-state index contributed by atoms with van der Waals surface area (Å²) in [5.74, 6) is 0.649. The summed E-state index contributed by atoms with van der Waals surface area (Å²) in [5, 5.41) is 2.11. The minimum Gasteiger partial charge on any atom is -0.299 e. The van der Waals surface area contributed by atoms with Crippen LogP contribution in [0.2, 0.25) is 0 Å². The molecule has 76 valence electrons. The number of piperidine rings is 1. The van der Waals surface area contributed by atoms with Crippen LogP contribution in [0.25, 0.3) is 0 Å². The molecule has 2 rings (SSSR count). The van der Waals surface area contributed by atoms with Crippen LogP contribution in [0.15, 0.2) is 17.5 Å². The van der Waals surface area contributed by atoms with Crippen LogP contribution in [0.5, 0.6) is 0 Å². The van der Waals surface area contributed by atoms with Crippen molar-refractivity contribution in [3.8, 4) is 0 Å². The summed E-state index contributed by atoms with van der Waals surface area (Å²) in [4.78, 5) is 15.1. The molecule has 0 N–H and O–H groups in total. The molecule has 1 unspecified atom stereocenters. The highest BCUT2D eigenvalue weighted by atomic mass is 32.1. The van der Waals surface area contributed by atoms with Crippen LogP contribution >= 0.6 is 11.3 Å².